The zero-order valence-electron chi connectivity index (χ0n) is 11.2. The molecule has 0 atom stereocenters. The third-order valence-corrected chi connectivity index (χ3v) is 2.69. The van der Waals surface area contributed by atoms with Gasteiger partial charge in [-0.1, -0.05) is 18.2 Å². The van der Waals surface area contributed by atoms with E-state index in [1.165, 1.54) is 7.11 Å². The average Bonchev–Trinajstić information content (AvgIpc) is 2.55. The fourth-order valence-corrected chi connectivity index (χ4v) is 1.62. The number of hydrazone groups is 1. The highest BCUT2D eigenvalue weighted by Crippen LogP contribution is 2.22. The summed E-state index contributed by atoms with van der Waals surface area (Å²) in [5.74, 6) is -10.2. The molecule has 0 fully saturated rings. The lowest BCUT2D eigenvalue weighted by Crippen LogP contribution is -2.15. The molecule has 0 spiro atoms. The molecule has 0 heterocycles. The largest absolute Gasteiger partial charge is 0.255 e. The number of rotatable bonds is 4. The van der Waals surface area contributed by atoms with Crippen molar-refractivity contribution in [3.05, 3.63) is 65.0 Å². The molecule has 116 valence electrons. The third kappa shape index (κ3) is 2.91. The molecular formula is C14H9F5N2O. The lowest BCUT2D eigenvalue weighted by Gasteiger charge is -2.15. The van der Waals surface area contributed by atoms with E-state index in [0.717, 1.165) is 5.17 Å². The predicted molar refractivity (Wildman–Crippen MR) is 69.8 cm³/mol. The van der Waals surface area contributed by atoms with Crippen LogP contribution in [0.25, 0.3) is 0 Å². The van der Waals surface area contributed by atoms with Gasteiger partial charge in [0.1, 0.15) is 0 Å². The molecule has 0 saturated carbocycles. The van der Waals surface area contributed by atoms with Crippen molar-refractivity contribution < 1.29 is 26.8 Å². The zero-order chi connectivity index (χ0) is 16.3. The summed E-state index contributed by atoms with van der Waals surface area (Å²) in [5.41, 5.74) is -0.764. The number of anilines is 1. The van der Waals surface area contributed by atoms with Crippen LogP contribution in [0.1, 0.15) is 5.56 Å². The summed E-state index contributed by atoms with van der Waals surface area (Å²) in [5, 5.41) is 4.43. The maximum absolute atomic E-state index is 13.5. The molecule has 2 aromatic rings. The Morgan fingerprint density at radius 2 is 1.36 bits per heavy atom. The Kier molecular flexibility index (Phi) is 4.71. The highest BCUT2D eigenvalue weighted by Gasteiger charge is 2.24. The van der Waals surface area contributed by atoms with Crippen LogP contribution in [-0.4, -0.2) is 13.3 Å². The van der Waals surface area contributed by atoms with Gasteiger partial charge >= 0.3 is 0 Å². The summed E-state index contributed by atoms with van der Waals surface area (Å²) in [4.78, 5) is 4.85. The number of benzene rings is 2. The maximum atomic E-state index is 13.5. The van der Waals surface area contributed by atoms with Crippen molar-refractivity contribution in [1.82, 2.24) is 0 Å². The Bertz CT molecular complexity index is 677. The molecule has 0 unspecified atom stereocenters. The summed E-state index contributed by atoms with van der Waals surface area (Å²) >= 11 is 0. The van der Waals surface area contributed by atoms with Gasteiger partial charge < -0.3 is 0 Å². The van der Waals surface area contributed by atoms with Gasteiger partial charge in [0.25, 0.3) is 0 Å². The molecule has 0 aliphatic rings. The molecule has 0 N–H and O–H groups in total. The van der Waals surface area contributed by atoms with Gasteiger partial charge in [-0.15, -0.1) is 5.17 Å². The topological polar surface area (TPSA) is 24.8 Å². The van der Waals surface area contributed by atoms with E-state index in [2.05, 4.69) is 5.10 Å². The van der Waals surface area contributed by atoms with E-state index < -0.39 is 34.6 Å². The van der Waals surface area contributed by atoms with Crippen molar-refractivity contribution in [2.24, 2.45) is 5.10 Å². The minimum Gasteiger partial charge on any atom is -0.255 e. The minimum absolute atomic E-state index is 0.394. The molecule has 0 aromatic heterocycles. The molecule has 0 radical (unpaired) electrons. The molecule has 8 heteroatoms. The van der Waals surface area contributed by atoms with E-state index in [0.29, 0.717) is 11.9 Å². The molecule has 0 aliphatic carbocycles. The number of para-hydroxylation sites is 1. The predicted octanol–water partition coefficient (Wildman–Crippen LogP) is 3.78. The quantitative estimate of drug-likeness (QED) is 0.282. The van der Waals surface area contributed by atoms with Gasteiger partial charge in [-0.05, 0) is 12.1 Å². The fourth-order valence-electron chi connectivity index (χ4n) is 1.62. The Hall–Kier alpha value is -2.48. The number of nitrogens with zero attached hydrogens (tertiary/aromatic N) is 2. The van der Waals surface area contributed by atoms with Gasteiger partial charge in [-0.3, -0.25) is 4.84 Å². The zero-order valence-corrected chi connectivity index (χ0v) is 11.2. The first-order valence-corrected chi connectivity index (χ1v) is 5.92. The Morgan fingerprint density at radius 1 is 0.864 bits per heavy atom. The Labute approximate surface area is 122 Å². The van der Waals surface area contributed by atoms with Gasteiger partial charge in [0.05, 0.1) is 24.6 Å². The van der Waals surface area contributed by atoms with E-state index in [-0.39, 0.29) is 0 Å². The van der Waals surface area contributed by atoms with Gasteiger partial charge in [0, 0.05) is 0 Å². The normalized spacial score (nSPS) is 11.2. The molecular weight excluding hydrogens is 307 g/mol. The van der Waals surface area contributed by atoms with Crippen LogP contribution in [-0.2, 0) is 4.84 Å². The minimum atomic E-state index is -2.22. The van der Waals surface area contributed by atoms with Crippen molar-refractivity contribution in [3.63, 3.8) is 0 Å². The molecule has 0 amide bonds. The number of hydrogen-bond acceptors (Lipinski definition) is 3. The SMILES string of the molecule is CON(N=Cc1c(F)c(F)c(F)c(F)c1F)c1ccccc1. The van der Waals surface area contributed by atoms with Crippen molar-refractivity contribution in [2.75, 3.05) is 12.3 Å². The summed E-state index contributed by atoms with van der Waals surface area (Å²) in [6, 6.07) is 8.15. The summed E-state index contributed by atoms with van der Waals surface area (Å²) in [7, 11) is 1.23. The van der Waals surface area contributed by atoms with Gasteiger partial charge in [0.15, 0.2) is 23.3 Å². The average molecular weight is 316 g/mol. The molecule has 0 aliphatic heterocycles. The summed E-state index contributed by atoms with van der Waals surface area (Å²) in [6.45, 7) is 0. The monoisotopic (exact) mass is 316 g/mol. The van der Waals surface area contributed by atoms with Crippen LogP contribution in [0.2, 0.25) is 0 Å². The first kappa shape index (κ1) is 15.9. The van der Waals surface area contributed by atoms with Gasteiger partial charge in [-0.2, -0.15) is 5.10 Å². The standard InChI is InChI=1S/C14H9F5N2O/c1-22-21(8-5-3-2-4-6-8)20-7-9-10(15)12(17)14(19)13(18)11(9)16/h2-7H,1H3. The van der Waals surface area contributed by atoms with Crippen LogP contribution >= 0.6 is 0 Å². The van der Waals surface area contributed by atoms with E-state index >= 15 is 0 Å². The van der Waals surface area contributed by atoms with Crippen molar-refractivity contribution >= 4 is 11.9 Å². The molecule has 0 saturated heterocycles. The molecule has 3 nitrogen and oxygen atoms in total. The van der Waals surface area contributed by atoms with Crippen molar-refractivity contribution in [2.45, 2.75) is 0 Å². The van der Waals surface area contributed by atoms with Crippen molar-refractivity contribution in [1.29, 1.82) is 0 Å². The van der Waals surface area contributed by atoms with E-state index in [1.807, 2.05) is 0 Å². The molecule has 22 heavy (non-hydrogen) atoms. The van der Waals surface area contributed by atoms with Crippen LogP contribution in [0.15, 0.2) is 35.4 Å². The Balaban J connectivity index is 2.42. The fraction of sp³-hybridized carbons (Fsp3) is 0.0714. The molecule has 2 aromatic carbocycles. The van der Waals surface area contributed by atoms with E-state index in [4.69, 9.17) is 4.84 Å². The highest BCUT2D eigenvalue weighted by atomic mass is 19.2. The number of hydrogen-bond donors (Lipinski definition) is 0. The van der Waals surface area contributed by atoms with Crippen LogP contribution < -0.4 is 5.17 Å². The van der Waals surface area contributed by atoms with Gasteiger partial charge in [0.2, 0.25) is 5.82 Å². The molecule has 2 rings (SSSR count). The van der Waals surface area contributed by atoms with E-state index in [9.17, 15) is 22.0 Å². The lowest BCUT2D eigenvalue weighted by molar-refractivity contribution is 0.170. The number of halogens is 5. The lowest BCUT2D eigenvalue weighted by atomic mass is 10.2. The second-order valence-electron chi connectivity index (χ2n) is 4.02. The van der Waals surface area contributed by atoms with Gasteiger partial charge in [-0.25, -0.2) is 22.0 Å². The van der Waals surface area contributed by atoms with Crippen molar-refractivity contribution in [3.8, 4) is 0 Å². The molecule has 0 bridgehead atoms. The Morgan fingerprint density at radius 3 is 1.86 bits per heavy atom. The smallest absolute Gasteiger partial charge is 0.200 e. The maximum Gasteiger partial charge on any atom is 0.200 e. The first-order chi connectivity index (χ1) is 10.5. The van der Waals surface area contributed by atoms with Crippen LogP contribution in [0.3, 0.4) is 0 Å². The van der Waals surface area contributed by atoms with Crippen LogP contribution in [0, 0.1) is 29.1 Å². The summed E-state index contributed by atoms with van der Waals surface area (Å²) < 4.78 is 66.0. The summed E-state index contributed by atoms with van der Waals surface area (Å²) in [6.07, 6.45) is 0.493. The first-order valence-electron chi connectivity index (χ1n) is 5.92. The van der Waals surface area contributed by atoms with Crippen LogP contribution in [0.5, 0.6) is 0 Å². The second kappa shape index (κ2) is 6.52. The second-order valence-corrected chi connectivity index (χ2v) is 4.02. The highest BCUT2D eigenvalue weighted by molar-refractivity contribution is 5.81. The van der Waals surface area contributed by atoms with Crippen LogP contribution in [0.4, 0.5) is 27.6 Å². The third-order valence-electron chi connectivity index (χ3n) is 2.69. The van der Waals surface area contributed by atoms with E-state index in [1.54, 1.807) is 30.3 Å².